The van der Waals surface area contributed by atoms with Crippen LogP contribution in [0.15, 0.2) is 28.9 Å². The first kappa shape index (κ1) is 14.2. The lowest BCUT2D eigenvalue weighted by molar-refractivity contribution is 0.497. The van der Waals surface area contributed by atoms with E-state index in [1.54, 1.807) is 0 Å². The topological polar surface area (TPSA) is 12.4 Å². The maximum Gasteiger partial charge on any atom is 0.0417 e. The van der Waals surface area contributed by atoms with Crippen molar-refractivity contribution < 1.29 is 0 Å². The molecule has 0 aromatic rings. The van der Waals surface area contributed by atoms with E-state index in [9.17, 15) is 0 Å². The second-order valence-corrected chi connectivity index (χ2v) is 5.28. The molecular formula is C14H25N. The summed E-state index contributed by atoms with van der Waals surface area (Å²) in [6, 6.07) is 0. The van der Waals surface area contributed by atoms with Crippen LogP contribution in [0.3, 0.4) is 0 Å². The molecule has 0 aromatic heterocycles. The highest BCUT2D eigenvalue weighted by Gasteiger charge is 2.15. The van der Waals surface area contributed by atoms with Crippen molar-refractivity contribution in [3.8, 4) is 0 Å². The molecule has 0 amide bonds. The fraction of sp³-hybridized carbons (Fsp3) is 0.643. The lowest BCUT2D eigenvalue weighted by Gasteiger charge is -2.19. The van der Waals surface area contributed by atoms with Crippen LogP contribution in [0, 0.1) is 11.3 Å². The van der Waals surface area contributed by atoms with Gasteiger partial charge in [0.25, 0.3) is 0 Å². The minimum atomic E-state index is 0.127. The van der Waals surface area contributed by atoms with Crippen LogP contribution >= 0.6 is 0 Å². The summed E-state index contributed by atoms with van der Waals surface area (Å²) < 4.78 is 0. The van der Waals surface area contributed by atoms with Crippen molar-refractivity contribution >= 4 is 5.71 Å². The van der Waals surface area contributed by atoms with Crippen LogP contribution in [0.5, 0.6) is 0 Å². The van der Waals surface area contributed by atoms with Crippen molar-refractivity contribution in [3.05, 3.63) is 23.9 Å². The number of rotatable bonds is 3. The molecule has 0 bridgehead atoms. The minimum absolute atomic E-state index is 0.127. The molecule has 86 valence electrons. The van der Waals surface area contributed by atoms with Gasteiger partial charge in [-0.05, 0) is 25.8 Å². The highest BCUT2D eigenvalue weighted by atomic mass is 14.8. The smallest absolute Gasteiger partial charge is 0.0417 e. The quantitative estimate of drug-likeness (QED) is 0.599. The molecule has 0 spiro atoms. The molecule has 15 heavy (non-hydrogen) atoms. The maximum absolute atomic E-state index is 4.63. The average molecular weight is 207 g/mol. The van der Waals surface area contributed by atoms with Gasteiger partial charge in [0.15, 0.2) is 0 Å². The van der Waals surface area contributed by atoms with Gasteiger partial charge in [0.05, 0.1) is 0 Å². The molecule has 1 heteroatoms. The third-order valence-electron chi connectivity index (χ3n) is 2.06. The molecule has 0 unspecified atom stereocenters. The zero-order valence-electron chi connectivity index (χ0n) is 11.3. The van der Waals surface area contributed by atoms with E-state index in [0.29, 0.717) is 5.92 Å². The van der Waals surface area contributed by atoms with Gasteiger partial charge in [0, 0.05) is 16.8 Å². The Hall–Kier alpha value is -0.850. The molecule has 0 aliphatic carbocycles. The molecule has 0 radical (unpaired) electrons. The Balaban J connectivity index is 4.74. The van der Waals surface area contributed by atoms with Crippen LogP contribution in [-0.2, 0) is 0 Å². The fourth-order valence-corrected chi connectivity index (χ4v) is 1.22. The van der Waals surface area contributed by atoms with Crippen LogP contribution in [0.1, 0.15) is 48.5 Å². The third-order valence-corrected chi connectivity index (χ3v) is 2.06. The zero-order valence-corrected chi connectivity index (χ0v) is 11.3. The van der Waals surface area contributed by atoms with Gasteiger partial charge in [0.2, 0.25) is 0 Å². The summed E-state index contributed by atoms with van der Waals surface area (Å²) in [4.78, 5) is 4.63. The highest BCUT2D eigenvalue weighted by Crippen LogP contribution is 2.26. The Morgan fingerprint density at radius 2 is 1.73 bits per heavy atom. The summed E-state index contributed by atoms with van der Waals surface area (Å²) in [7, 11) is 0. The second-order valence-electron chi connectivity index (χ2n) is 5.28. The summed E-state index contributed by atoms with van der Waals surface area (Å²) in [5, 5.41) is 0. The molecule has 0 N–H and O–H groups in total. The van der Waals surface area contributed by atoms with Gasteiger partial charge in [-0.2, -0.15) is 0 Å². The lowest BCUT2D eigenvalue weighted by Crippen LogP contribution is -2.08. The van der Waals surface area contributed by atoms with E-state index >= 15 is 0 Å². The van der Waals surface area contributed by atoms with Crippen molar-refractivity contribution in [2.75, 3.05) is 0 Å². The predicted octanol–water partition coefficient (Wildman–Crippen LogP) is 4.61. The minimum Gasteiger partial charge on any atom is -0.258 e. The van der Waals surface area contributed by atoms with Crippen molar-refractivity contribution in [2.45, 2.75) is 48.5 Å². The first-order chi connectivity index (χ1) is 6.77. The Labute approximate surface area is 95.0 Å². The molecule has 0 saturated carbocycles. The lowest BCUT2D eigenvalue weighted by atomic mass is 9.92. The van der Waals surface area contributed by atoms with Gasteiger partial charge in [-0.1, -0.05) is 46.8 Å². The van der Waals surface area contributed by atoms with Gasteiger partial charge < -0.3 is 0 Å². The summed E-state index contributed by atoms with van der Waals surface area (Å²) >= 11 is 0. The second kappa shape index (κ2) is 5.89. The maximum atomic E-state index is 4.63. The molecule has 0 aliphatic rings. The van der Waals surface area contributed by atoms with Gasteiger partial charge >= 0.3 is 0 Å². The Bertz CT molecular complexity index is 272. The first-order valence-electron chi connectivity index (χ1n) is 5.67. The first-order valence-corrected chi connectivity index (χ1v) is 5.67. The van der Waals surface area contributed by atoms with E-state index in [2.05, 4.69) is 57.8 Å². The largest absolute Gasteiger partial charge is 0.258 e. The van der Waals surface area contributed by atoms with Gasteiger partial charge in [-0.25, -0.2) is 0 Å². The molecule has 0 rings (SSSR count). The van der Waals surface area contributed by atoms with Crippen LogP contribution < -0.4 is 0 Å². The molecule has 0 heterocycles. The van der Waals surface area contributed by atoms with E-state index < -0.39 is 0 Å². The summed E-state index contributed by atoms with van der Waals surface area (Å²) in [5.41, 5.74) is 2.35. The standard InChI is InChI=1S/C14H25N/c1-8-13(14(5,6)7)15-12(4)10-9-11(2)3/h8-11H,1-7H3/b10-9-,13-8-,15-12+. The van der Waals surface area contributed by atoms with Crippen molar-refractivity contribution in [3.63, 3.8) is 0 Å². The van der Waals surface area contributed by atoms with Crippen molar-refractivity contribution in [1.82, 2.24) is 0 Å². The predicted molar refractivity (Wildman–Crippen MR) is 70.3 cm³/mol. The SMILES string of the molecule is C\C=C(/N=C(C)/C=C\C(C)C)C(C)(C)C. The van der Waals surface area contributed by atoms with Crippen molar-refractivity contribution in [2.24, 2.45) is 16.3 Å². The molecule has 0 atom stereocenters. The van der Waals surface area contributed by atoms with E-state index in [1.165, 1.54) is 0 Å². The fourth-order valence-electron chi connectivity index (χ4n) is 1.22. The monoisotopic (exact) mass is 207 g/mol. The van der Waals surface area contributed by atoms with Gasteiger partial charge in [0.1, 0.15) is 0 Å². The summed E-state index contributed by atoms with van der Waals surface area (Å²) in [6.07, 6.45) is 6.36. The summed E-state index contributed by atoms with van der Waals surface area (Å²) in [5.74, 6) is 0.582. The highest BCUT2D eigenvalue weighted by molar-refractivity contribution is 5.93. The Kier molecular flexibility index (Phi) is 5.56. The van der Waals surface area contributed by atoms with Gasteiger partial charge in [-0.3, -0.25) is 4.99 Å². The Morgan fingerprint density at radius 3 is 2.07 bits per heavy atom. The normalized spacial score (nSPS) is 15.5. The van der Waals surface area contributed by atoms with Crippen LogP contribution in [-0.4, -0.2) is 5.71 Å². The molecular weight excluding hydrogens is 182 g/mol. The van der Waals surface area contributed by atoms with Crippen LogP contribution in [0.2, 0.25) is 0 Å². The van der Waals surface area contributed by atoms with E-state index in [4.69, 9.17) is 0 Å². The van der Waals surface area contributed by atoms with Crippen molar-refractivity contribution in [1.29, 1.82) is 0 Å². The molecule has 0 saturated heterocycles. The van der Waals surface area contributed by atoms with E-state index in [0.717, 1.165) is 11.4 Å². The molecule has 0 fully saturated rings. The van der Waals surface area contributed by atoms with E-state index in [1.807, 2.05) is 13.8 Å². The van der Waals surface area contributed by atoms with E-state index in [-0.39, 0.29) is 5.41 Å². The van der Waals surface area contributed by atoms with Gasteiger partial charge in [-0.15, -0.1) is 0 Å². The average Bonchev–Trinajstić information content (AvgIpc) is 2.08. The number of allylic oxidation sites excluding steroid dienone is 4. The Morgan fingerprint density at radius 1 is 1.20 bits per heavy atom. The third kappa shape index (κ3) is 6.27. The molecule has 0 aromatic carbocycles. The van der Waals surface area contributed by atoms with Crippen LogP contribution in [0.4, 0.5) is 0 Å². The number of nitrogens with zero attached hydrogens (tertiary/aromatic N) is 1. The number of hydrogen-bond acceptors (Lipinski definition) is 1. The van der Waals surface area contributed by atoms with Crippen LogP contribution in [0.25, 0.3) is 0 Å². The molecule has 0 aliphatic heterocycles. The number of aliphatic imine (C=N–C) groups is 1. The number of hydrogen-bond donors (Lipinski definition) is 0. The zero-order chi connectivity index (χ0) is 12.1. The summed E-state index contributed by atoms with van der Waals surface area (Å²) in [6.45, 7) is 15.0. The molecule has 1 nitrogen and oxygen atoms in total.